The first-order valence-corrected chi connectivity index (χ1v) is 5.63. The predicted molar refractivity (Wildman–Crippen MR) is 48.1 cm³/mol. The second kappa shape index (κ2) is 4.34. The molecular weight excluding hydrogens is 232 g/mol. The van der Waals surface area contributed by atoms with E-state index in [-0.39, 0.29) is 9.79 Å². The van der Waals surface area contributed by atoms with E-state index in [1.807, 2.05) is 0 Å². The molecule has 72 valence electrons. The van der Waals surface area contributed by atoms with Gasteiger partial charge in [-0.1, -0.05) is 0 Å². The Morgan fingerprint density at radius 1 is 1.00 bits per heavy atom. The maximum atomic E-state index is 10.5. The number of hydrogen-bond donors (Lipinski definition) is 1. The number of rotatable bonds is 2. The van der Waals surface area contributed by atoms with Crippen LogP contribution < -0.4 is 0 Å². The summed E-state index contributed by atoms with van der Waals surface area (Å²) >= 11 is -1.01. The average Bonchev–Trinajstić information content (AvgIpc) is 2.03. The molecule has 1 aromatic rings. The van der Waals surface area contributed by atoms with Crippen LogP contribution in [0, 0.1) is 0 Å². The van der Waals surface area contributed by atoms with Gasteiger partial charge in [0.05, 0.1) is 0 Å². The highest BCUT2D eigenvalue weighted by atomic mass is 32.2. The summed E-state index contributed by atoms with van der Waals surface area (Å²) in [5.74, 6) is 0. The zero-order valence-corrected chi connectivity index (χ0v) is 8.66. The minimum absolute atomic E-state index is 0.0910. The third-order valence-electron chi connectivity index (χ3n) is 1.25. The molecule has 2 atom stereocenters. The number of thiol groups is 1. The summed E-state index contributed by atoms with van der Waals surface area (Å²) in [7, 11) is 0. The molecule has 0 N–H and O–H groups in total. The smallest absolute Gasteiger partial charge is 0.0271 e. The Morgan fingerprint density at radius 3 is 1.69 bits per heavy atom. The Hall–Kier alpha value is -0.210. The van der Waals surface area contributed by atoms with Crippen molar-refractivity contribution >= 4 is 34.8 Å². The van der Waals surface area contributed by atoms with Crippen LogP contribution in [-0.2, 0) is 22.2 Å². The van der Waals surface area contributed by atoms with Crippen molar-refractivity contribution in [2.75, 3.05) is 0 Å². The van der Waals surface area contributed by atoms with Crippen LogP contribution in [0.5, 0.6) is 0 Å². The van der Waals surface area contributed by atoms with Crippen LogP contribution >= 0.6 is 12.6 Å². The lowest BCUT2D eigenvalue weighted by atomic mass is 10.4. The average molecular weight is 236 g/mol. The van der Waals surface area contributed by atoms with Crippen molar-refractivity contribution in [3.8, 4) is 0 Å². The van der Waals surface area contributed by atoms with E-state index in [4.69, 9.17) is 0 Å². The van der Waals surface area contributed by atoms with Crippen LogP contribution in [-0.4, -0.2) is 17.5 Å². The molecule has 0 aromatic heterocycles. The van der Waals surface area contributed by atoms with Gasteiger partial charge in [-0.25, -0.2) is 0 Å². The molecule has 0 heterocycles. The van der Waals surface area contributed by atoms with Crippen LogP contribution in [0.1, 0.15) is 0 Å². The Morgan fingerprint density at radius 2 is 1.38 bits per heavy atom. The highest BCUT2D eigenvalue weighted by molar-refractivity contribution is 7.81. The largest absolute Gasteiger partial charge is 0.768 e. The highest BCUT2D eigenvalue weighted by Gasteiger charge is 1.99. The second-order valence-corrected chi connectivity index (χ2v) is 4.53. The molecule has 7 heteroatoms. The van der Waals surface area contributed by atoms with Gasteiger partial charge < -0.3 is 9.11 Å². The fourth-order valence-corrected chi connectivity index (χ4v) is 2.17. The van der Waals surface area contributed by atoms with Gasteiger partial charge in [-0.2, -0.15) is 0 Å². The summed E-state index contributed by atoms with van der Waals surface area (Å²) in [6.45, 7) is 0. The van der Waals surface area contributed by atoms with Crippen molar-refractivity contribution in [2.24, 2.45) is 0 Å². The van der Waals surface area contributed by atoms with E-state index in [0.717, 1.165) is 6.07 Å². The van der Waals surface area contributed by atoms with Crippen LogP contribution in [0.2, 0.25) is 0 Å². The van der Waals surface area contributed by atoms with Gasteiger partial charge >= 0.3 is 0 Å². The Kier molecular flexibility index (Phi) is 3.63. The van der Waals surface area contributed by atoms with Crippen molar-refractivity contribution in [1.82, 2.24) is 0 Å². The maximum absolute atomic E-state index is 10.5. The van der Waals surface area contributed by atoms with Gasteiger partial charge in [-0.15, -0.1) is 12.6 Å². The van der Waals surface area contributed by atoms with Gasteiger partial charge in [-0.05, 0) is 40.4 Å². The Labute approximate surface area is 85.3 Å². The zero-order chi connectivity index (χ0) is 10.0. The van der Waals surface area contributed by atoms with Crippen LogP contribution in [0.25, 0.3) is 0 Å². The fourth-order valence-electron chi connectivity index (χ4n) is 0.749. The van der Waals surface area contributed by atoms with Crippen molar-refractivity contribution in [3.05, 3.63) is 18.2 Å². The second-order valence-electron chi connectivity index (χ2n) is 2.13. The lowest BCUT2D eigenvalue weighted by Crippen LogP contribution is -1.94. The lowest BCUT2D eigenvalue weighted by molar-refractivity contribution is 0.534. The van der Waals surface area contributed by atoms with E-state index < -0.39 is 22.2 Å². The summed E-state index contributed by atoms with van der Waals surface area (Å²) in [5, 5.41) is 0. The van der Waals surface area contributed by atoms with Crippen LogP contribution in [0.3, 0.4) is 0 Å². The topological polar surface area (TPSA) is 80.3 Å². The van der Waals surface area contributed by atoms with Crippen LogP contribution in [0.4, 0.5) is 0 Å². The van der Waals surface area contributed by atoms with E-state index >= 15 is 0 Å². The summed E-state index contributed by atoms with van der Waals surface area (Å²) in [4.78, 5) is 0.110. The van der Waals surface area contributed by atoms with E-state index in [0.29, 0.717) is 4.90 Å². The summed E-state index contributed by atoms with van der Waals surface area (Å²) in [6.07, 6.45) is 0. The van der Waals surface area contributed by atoms with Gasteiger partial charge in [0.25, 0.3) is 0 Å². The fraction of sp³-hybridized carbons (Fsp3) is 0. The summed E-state index contributed by atoms with van der Waals surface area (Å²) < 4.78 is 42.0. The normalized spacial score (nSPS) is 15.3. The van der Waals surface area contributed by atoms with Gasteiger partial charge in [0.2, 0.25) is 0 Å². The molecule has 0 aliphatic carbocycles. The molecule has 13 heavy (non-hydrogen) atoms. The Balaban J connectivity index is 3.26. The summed E-state index contributed by atoms with van der Waals surface area (Å²) in [6, 6.07) is 3.59. The number of benzene rings is 1. The monoisotopic (exact) mass is 236 g/mol. The minimum atomic E-state index is -2.44. The molecular formula is C6H4O4S3-2. The first-order valence-electron chi connectivity index (χ1n) is 3.03. The van der Waals surface area contributed by atoms with Gasteiger partial charge in [-0.3, -0.25) is 8.42 Å². The molecule has 0 fully saturated rings. The van der Waals surface area contributed by atoms with E-state index in [2.05, 4.69) is 12.6 Å². The molecule has 0 amide bonds. The molecule has 4 nitrogen and oxygen atoms in total. The van der Waals surface area contributed by atoms with Crippen molar-refractivity contribution in [1.29, 1.82) is 0 Å². The first kappa shape index (κ1) is 10.9. The van der Waals surface area contributed by atoms with Gasteiger partial charge in [0.15, 0.2) is 0 Å². The highest BCUT2D eigenvalue weighted by Crippen LogP contribution is 2.17. The molecule has 1 rings (SSSR count). The molecule has 1 aromatic carbocycles. The van der Waals surface area contributed by atoms with Crippen molar-refractivity contribution in [2.45, 2.75) is 14.7 Å². The minimum Gasteiger partial charge on any atom is -0.768 e. The maximum Gasteiger partial charge on any atom is 0.0271 e. The Bertz CT molecular complexity index is 344. The molecule has 0 aliphatic rings. The van der Waals surface area contributed by atoms with Crippen molar-refractivity contribution < 1.29 is 17.5 Å². The van der Waals surface area contributed by atoms with Gasteiger partial charge in [0.1, 0.15) is 0 Å². The molecule has 2 unspecified atom stereocenters. The van der Waals surface area contributed by atoms with Crippen LogP contribution in [0.15, 0.2) is 32.9 Å². The molecule has 0 saturated carbocycles. The van der Waals surface area contributed by atoms with Gasteiger partial charge in [0, 0.05) is 14.7 Å². The zero-order valence-electron chi connectivity index (χ0n) is 6.13. The summed E-state index contributed by atoms with van der Waals surface area (Å²) in [5.41, 5.74) is 0. The third-order valence-corrected chi connectivity index (χ3v) is 2.75. The molecule has 0 spiro atoms. The number of hydrogen-bond acceptors (Lipinski definition) is 5. The molecule has 0 bridgehead atoms. The first-order chi connectivity index (χ1) is 6.00. The molecule has 0 aliphatic heterocycles. The van der Waals surface area contributed by atoms with Crippen molar-refractivity contribution in [3.63, 3.8) is 0 Å². The standard InChI is InChI=1S/C6H6O4S3/c7-12(8)5-1-4(11)2-6(3-5)13(9)10/h1-3,11H,(H,7,8)(H,9,10)/p-2. The lowest BCUT2D eigenvalue weighted by Gasteiger charge is -2.10. The molecule has 0 saturated heterocycles. The van der Waals surface area contributed by atoms with E-state index in [9.17, 15) is 17.5 Å². The predicted octanol–water partition coefficient (Wildman–Crippen LogP) is 0.451. The molecule has 0 radical (unpaired) electrons. The third kappa shape index (κ3) is 2.89. The van der Waals surface area contributed by atoms with E-state index in [1.165, 1.54) is 12.1 Å². The quantitative estimate of drug-likeness (QED) is 0.597. The SMILES string of the molecule is O=S([O-])c1cc(S)cc(S(=O)[O-])c1. The van der Waals surface area contributed by atoms with E-state index in [1.54, 1.807) is 0 Å².